The molecule has 150 valence electrons. The van der Waals surface area contributed by atoms with E-state index < -0.39 is 27.8 Å². The zero-order valence-corrected chi connectivity index (χ0v) is 16.0. The summed E-state index contributed by atoms with van der Waals surface area (Å²) in [4.78, 5) is 11.5. The van der Waals surface area contributed by atoms with E-state index in [9.17, 15) is 26.4 Å². The van der Waals surface area contributed by atoms with Crippen LogP contribution in [0.1, 0.15) is 36.1 Å². The molecule has 2 aromatic rings. The molecule has 0 amide bonds. The highest BCUT2D eigenvalue weighted by Gasteiger charge is 2.44. The van der Waals surface area contributed by atoms with Crippen LogP contribution in [0.2, 0.25) is 0 Å². The minimum Gasteiger partial charge on any atom is -0.497 e. The van der Waals surface area contributed by atoms with Crippen LogP contribution in [0.15, 0.2) is 47.4 Å². The average molecular weight is 413 g/mol. The predicted octanol–water partition coefficient (Wildman–Crippen LogP) is 3.94. The Morgan fingerprint density at radius 3 is 2.32 bits per heavy atom. The second-order valence-electron chi connectivity index (χ2n) is 6.57. The summed E-state index contributed by atoms with van der Waals surface area (Å²) in [6, 6.07) is 8.22. The lowest BCUT2D eigenvalue weighted by atomic mass is 9.99. The average Bonchev–Trinajstić information content (AvgIpc) is 2.82. The summed E-state index contributed by atoms with van der Waals surface area (Å²) in [7, 11) is -2.54. The van der Waals surface area contributed by atoms with Gasteiger partial charge in [0.25, 0.3) is 0 Å². The second kappa shape index (κ2) is 7.21. The van der Waals surface area contributed by atoms with Gasteiger partial charge in [0.05, 0.1) is 23.6 Å². The van der Waals surface area contributed by atoms with Crippen LogP contribution in [-0.4, -0.2) is 25.6 Å². The van der Waals surface area contributed by atoms with Gasteiger partial charge in [-0.3, -0.25) is 4.79 Å². The van der Waals surface area contributed by atoms with E-state index in [0.717, 1.165) is 22.5 Å². The molecule has 0 aromatic heterocycles. The predicted molar refractivity (Wildman–Crippen MR) is 95.2 cm³/mol. The maximum atomic E-state index is 13.1. The first-order valence-electron chi connectivity index (χ1n) is 8.39. The van der Waals surface area contributed by atoms with Crippen molar-refractivity contribution in [3.8, 4) is 5.75 Å². The Balaban J connectivity index is 2.06. The van der Waals surface area contributed by atoms with Crippen molar-refractivity contribution in [3.05, 3.63) is 59.2 Å². The Labute approximate surface area is 160 Å². The summed E-state index contributed by atoms with van der Waals surface area (Å²) >= 11 is 0. The maximum absolute atomic E-state index is 13.1. The lowest BCUT2D eigenvalue weighted by Gasteiger charge is -2.23. The highest BCUT2D eigenvalue weighted by atomic mass is 32.2. The van der Waals surface area contributed by atoms with Gasteiger partial charge in [0, 0.05) is 13.0 Å². The minimum absolute atomic E-state index is 0.00135. The molecule has 0 radical (unpaired) electrons. The number of Topliss-reactive ketones (excluding diaryl/α,β-unsaturated/α-hetero) is 1. The van der Waals surface area contributed by atoms with Crippen molar-refractivity contribution in [3.63, 3.8) is 0 Å². The van der Waals surface area contributed by atoms with Crippen LogP contribution in [0.4, 0.5) is 13.2 Å². The molecular formula is C19H18F3NO4S. The van der Waals surface area contributed by atoms with Crippen LogP contribution in [0.3, 0.4) is 0 Å². The molecule has 28 heavy (non-hydrogen) atoms. The number of ketones is 1. The molecule has 0 aliphatic carbocycles. The number of alkyl halides is 3. The summed E-state index contributed by atoms with van der Waals surface area (Å²) in [6.07, 6.45) is -4.81. The van der Waals surface area contributed by atoms with Crippen LogP contribution in [-0.2, 0) is 27.5 Å². The molecule has 0 unspecified atom stereocenters. The molecule has 0 fully saturated rings. The quantitative estimate of drug-likeness (QED) is 0.745. The van der Waals surface area contributed by atoms with Crippen molar-refractivity contribution in [1.29, 1.82) is 0 Å². The molecule has 3 rings (SSSR count). The van der Waals surface area contributed by atoms with E-state index in [-0.39, 0.29) is 29.2 Å². The number of sulfonamides is 1. The zero-order valence-electron chi connectivity index (χ0n) is 15.2. The number of benzene rings is 2. The third-order valence-corrected chi connectivity index (χ3v) is 6.54. The molecular weight excluding hydrogens is 395 g/mol. The van der Waals surface area contributed by atoms with Crippen LogP contribution in [0.25, 0.3) is 0 Å². The van der Waals surface area contributed by atoms with Crippen molar-refractivity contribution >= 4 is 15.8 Å². The number of nitrogens with zero attached hydrogens (tertiary/aromatic N) is 1. The normalized spacial score (nSPS) is 18.7. The molecule has 9 heteroatoms. The highest BCUT2D eigenvalue weighted by Crippen LogP contribution is 2.44. The van der Waals surface area contributed by atoms with Gasteiger partial charge in [-0.1, -0.05) is 12.1 Å². The van der Waals surface area contributed by atoms with Gasteiger partial charge in [-0.05, 0) is 48.4 Å². The molecule has 0 spiro atoms. The lowest BCUT2D eigenvalue weighted by molar-refractivity contribution is -0.137. The number of ether oxygens (including phenoxy) is 1. The van der Waals surface area contributed by atoms with Gasteiger partial charge < -0.3 is 4.74 Å². The number of hydrogen-bond acceptors (Lipinski definition) is 4. The van der Waals surface area contributed by atoms with Gasteiger partial charge in [-0.25, -0.2) is 8.42 Å². The highest BCUT2D eigenvalue weighted by molar-refractivity contribution is 7.89. The Kier molecular flexibility index (Phi) is 5.24. The number of hydrogen-bond donors (Lipinski definition) is 0. The van der Waals surface area contributed by atoms with Crippen molar-refractivity contribution in [2.75, 3.05) is 7.11 Å². The number of methoxy groups -OCH3 is 1. The molecule has 5 nitrogen and oxygen atoms in total. The van der Waals surface area contributed by atoms with Gasteiger partial charge >= 0.3 is 6.18 Å². The molecule has 2 aromatic carbocycles. The number of halogens is 3. The first-order valence-corrected chi connectivity index (χ1v) is 9.83. The fourth-order valence-electron chi connectivity index (χ4n) is 3.26. The van der Waals surface area contributed by atoms with Gasteiger partial charge in [0.1, 0.15) is 11.5 Å². The number of rotatable bonds is 5. The summed E-state index contributed by atoms with van der Waals surface area (Å²) in [6.45, 7) is 1.21. The Hall–Kier alpha value is -2.39. The first kappa shape index (κ1) is 20.3. The van der Waals surface area contributed by atoms with Crippen LogP contribution in [0, 0.1) is 0 Å². The Morgan fingerprint density at radius 1 is 1.14 bits per heavy atom. The van der Waals surface area contributed by atoms with Gasteiger partial charge in [-0.15, -0.1) is 0 Å². The smallest absolute Gasteiger partial charge is 0.416 e. The SMILES string of the molecule is COc1ccc(CN2[C@@H](CC(C)=O)c3cc(C(F)(F)F)ccc3S2(=O)=O)cc1. The van der Waals surface area contributed by atoms with E-state index >= 15 is 0 Å². The third-order valence-electron chi connectivity index (χ3n) is 4.61. The standard InChI is InChI=1S/C19H18F3NO4S/c1-12(24)9-17-16-10-14(19(20,21)22)5-8-18(16)28(25,26)23(17)11-13-3-6-15(27-2)7-4-13/h3-8,10,17H,9,11H2,1-2H3/t17-/m0/s1. The number of carbonyl (C=O) groups excluding carboxylic acids is 1. The molecule has 0 bridgehead atoms. The number of carbonyl (C=O) groups is 1. The topological polar surface area (TPSA) is 63.7 Å². The van der Waals surface area contributed by atoms with Crippen molar-refractivity contribution in [2.24, 2.45) is 0 Å². The molecule has 0 N–H and O–H groups in total. The zero-order chi connectivity index (χ0) is 20.7. The van der Waals surface area contributed by atoms with E-state index in [1.807, 2.05) is 0 Å². The van der Waals surface area contributed by atoms with Crippen molar-refractivity contribution < 1.29 is 31.1 Å². The molecule has 1 aliphatic heterocycles. The number of fused-ring (bicyclic) bond motifs is 1. The first-order chi connectivity index (χ1) is 13.0. The van der Waals surface area contributed by atoms with Gasteiger partial charge in [-0.2, -0.15) is 17.5 Å². The van der Waals surface area contributed by atoms with E-state index in [1.54, 1.807) is 24.3 Å². The maximum Gasteiger partial charge on any atom is 0.416 e. The summed E-state index contributed by atoms with van der Waals surface area (Å²) in [5.74, 6) is 0.275. The van der Waals surface area contributed by atoms with E-state index in [1.165, 1.54) is 14.0 Å². The van der Waals surface area contributed by atoms with Gasteiger partial charge in [0.2, 0.25) is 10.0 Å². The van der Waals surface area contributed by atoms with Crippen molar-refractivity contribution in [2.45, 2.75) is 37.0 Å². The van der Waals surface area contributed by atoms with E-state index in [4.69, 9.17) is 4.74 Å². The monoisotopic (exact) mass is 413 g/mol. The third kappa shape index (κ3) is 3.77. The van der Waals surface area contributed by atoms with Crippen LogP contribution in [0.5, 0.6) is 5.75 Å². The molecule has 1 heterocycles. The summed E-state index contributed by atoms with van der Waals surface area (Å²) in [5, 5.41) is 0. The molecule has 0 saturated carbocycles. The van der Waals surface area contributed by atoms with E-state index in [2.05, 4.69) is 0 Å². The second-order valence-corrected chi connectivity index (χ2v) is 8.43. The van der Waals surface area contributed by atoms with E-state index in [0.29, 0.717) is 11.3 Å². The Bertz CT molecular complexity index is 1000. The van der Waals surface area contributed by atoms with Gasteiger partial charge in [0.15, 0.2) is 0 Å². The van der Waals surface area contributed by atoms with Crippen LogP contribution >= 0.6 is 0 Å². The van der Waals surface area contributed by atoms with Crippen LogP contribution < -0.4 is 4.74 Å². The summed E-state index contributed by atoms with van der Waals surface area (Å²) < 4.78 is 71.4. The molecule has 1 aliphatic rings. The Morgan fingerprint density at radius 2 is 1.79 bits per heavy atom. The van der Waals surface area contributed by atoms with Crippen molar-refractivity contribution in [1.82, 2.24) is 4.31 Å². The molecule has 0 saturated heterocycles. The fraction of sp³-hybridized carbons (Fsp3) is 0.316. The lowest BCUT2D eigenvalue weighted by Crippen LogP contribution is -2.29. The molecule has 1 atom stereocenters. The fourth-order valence-corrected chi connectivity index (χ4v) is 5.09. The largest absolute Gasteiger partial charge is 0.497 e. The minimum atomic E-state index is -4.61. The summed E-state index contributed by atoms with van der Waals surface area (Å²) in [5.41, 5.74) is -0.318.